The first-order valence-corrected chi connectivity index (χ1v) is 26.1. The second kappa shape index (κ2) is 17.6. The van der Waals surface area contributed by atoms with Crippen LogP contribution in [0.4, 0.5) is 0 Å². The SMILES string of the molecule is CC1C(C2NCCCN2)CC(N2C3CCCCC3C3C4C5CCCCC5N(C5CC(C6NCCCN6)C(C)C(C6NCCCN6)C5)C4CCC32)CC1C1NCCCN1. The molecule has 0 radical (unpaired) electrons. The van der Waals surface area contributed by atoms with Crippen LogP contribution in [-0.4, -0.2) is 123 Å². The minimum Gasteiger partial charge on any atom is -0.302 e. The molecule has 0 aromatic rings. The molecule has 8 N–H and O–H groups in total. The molecule has 11 fully saturated rings. The Morgan fingerprint density at radius 3 is 0.914 bits per heavy atom. The minimum absolute atomic E-state index is 0.476. The Kier molecular flexibility index (Phi) is 12.3. The van der Waals surface area contributed by atoms with E-state index in [9.17, 15) is 0 Å². The molecule has 5 aliphatic carbocycles. The van der Waals surface area contributed by atoms with Crippen molar-refractivity contribution in [1.82, 2.24) is 52.3 Å². The highest BCUT2D eigenvalue weighted by molar-refractivity contribution is 5.17. The zero-order valence-corrected chi connectivity index (χ0v) is 36.8. The Hall–Kier alpha value is -0.400. The fraction of sp³-hybridized carbons (Fsp3) is 1.00. The standard InChI is InChI=1S/C48H86N10/c1-29-35(45-49-17-7-18-50-45)25-31(26-36(29)46-51-19-8-20-52-46)57-39-13-5-3-11-33(39)43-41(57)15-16-42-44(43)34-12-4-6-14-40(34)58(42)32-27-37(47-53-21-9-22-54-47)30(2)38(28-32)48-55-23-10-24-56-48/h29-56H,3-28H2,1-2H3. The molecule has 11 aliphatic rings. The van der Waals surface area contributed by atoms with E-state index in [1.807, 2.05) is 0 Å². The van der Waals surface area contributed by atoms with Gasteiger partial charge in [0.1, 0.15) is 0 Å². The number of hydrogen-bond acceptors (Lipinski definition) is 10. The highest BCUT2D eigenvalue weighted by Gasteiger charge is 2.64. The Morgan fingerprint density at radius 1 is 0.310 bits per heavy atom. The van der Waals surface area contributed by atoms with Crippen molar-refractivity contribution < 1.29 is 0 Å². The van der Waals surface area contributed by atoms with E-state index in [4.69, 9.17) is 0 Å². The summed E-state index contributed by atoms with van der Waals surface area (Å²) in [6.07, 6.45) is 27.3. The van der Waals surface area contributed by atoms with E-state index < -0.39 is 0 Å². The molecule has 0 aromatic carbocycles. The van der Waals surface area contributed by atoms with Gasteiger partial charge in [-0.1, -0.05) is 39.5 Å². The first kappa shape index (κ1) is 40.4. The van der Waals surface area contributed by atoms with Crippen molar-refractivity contribution in [3.8, 4) is 0 Å². The molecule has 10 heteroatoms. The number of likely N-dealkylation sites (tertiary alicyclic amines) is 2. The monoisotopic (exact) mass is 803 g/mol. The van der Waals surface area contributed by atoms with E-state index in [-0.39, 0.29) is 0 Å². The summed E-state index contributed by atoms with van der Waals surface area (Å²) in [6, 6.07) is 4.74. The lowest BCUT2D eigenvalue weighted by atomic mass is 9.61. The summed E-state index contributed by atoms with van der Waals surface area (Å²) in [4.78, 5) is 6.75. The topological polar surface area (TPSA) is 103 Å². The van der Waals surface area contributed by atoms with E-state index in [1.165, 1.54) is 168 Å². The van der Waals surface area contributed by atoms with E-state index >= 15 is 0 Å². The molecule has 12 atom stereocenters. The maximum Gasteiger partial charge on any atom is 0.0604 e. The van der Waals surface area contributed by atoms with Crippen LogP contribution in [0.5, 0.6) is 0 Å². The quantitative estimate of drug-likeness (QED) is 0.200. The van der Waals surface area contributed by atoms with E-state index in [2.05, 4.69) is 66.2 Å². The van der Waals surface area contributed by atoms with Gasteiger partial charge in [-0.2, -0.15) is 0 Å². The smallest absolute Gasteiger partial charge is 0.0604 e. The fourth-order valence-electron chi connectivity index (χ4n) is 17.7. The summed E-state index contributed by atoms with van der Waals surface area (Å²) < 4.78 is 0. The summed E-state index contributed by atoms with van der Waals surface area (Å²) in [6.45, 7) is 14.7. The number of fused-ring (bicyclic) bond motifs is 7. The Balaban J connectivity index is 0.906. The molecule has 10 nitrogen and oxygen atoms in total. The van der Waals surface area contributed by atoms with Crippen molar-refractivity contribution in [2.75, 3.05) is 52.4 Å². The number of hydrogen-bond donors (Lipinski definition) is 8. The van der Waals surface area contributed by atoms with Crippen LogP contribution in [0.2, 0.25) is 0 Å². The van der Waals surface area contributed by atoms with Crippen LogP contribution in [0.15, 0.2) is 0 Å². The molecule has 6 saturated heterocycles. The molecular formula is C48H86N10. The third-order valence-electron chi connectivity index (χ3n) is 19.9. The average Bonchev–Trinajstić information content (AvgIpc) is 3.81. The average molecular weight is 803 g/mol. The summed E-state index contributed by atoms with van der Waals surface area (Å²) >= 11 is 0. The maximum atomic E-state index is 4.02. The van der Waals surface area contributed by atoms with Gasteiger partial charge in [0, 0.05) is 36.3 Å². The lowest BCUT2D eigenvalue weighted by molar-refractivity contribution is -0.0359. The molecule has 5 saturated carbocycles. The Bertz CT molecular complexity index is 1190. The summed E-state index contributed by atoms with van der Waals surface area (Å²) in [5.74, 6) is 7.94. The largest absolute Gasteiger partial charge is 0.302 e. The molecule has 11 rings (SSSR count). The van der Waals surface area contributed by atoms with Gasteiger partial charge in [0.25, 0.3) is 0 Å². The lowest BCUT2D eigenvalue weighted by Crippen LogP contribution is -2.64. The third-order valence-corrected chi connectivity index (χ3v) is 19.9. The van der Waals surface area contributed by atoms with Crippen LogP contribution < -0.4 is 42.5 Å². The predicted molar refractivity (Wildman–Crippen MR) is 235 cm³/mol. The predicted octanol–water partition coefficient (Wildman–Crippen LogP) is 4.20. The Morgan fingerprint density at radius 2 is 0.603 bits per heavy atom. The van der Waals surface area contributed by atoms with Gasteiger partial charge < -0.3 is 42.5 Å². The van der Waals surface area contributed by atoms with Crippen LogP contribution in [0.1, 0.15) is 129 Å². The van der Waals surface area contributed by atoms with Crippen LogP contribution in [0, 0.1) is 59.2 Å². The summed E-state index contributed by atoms with van der Waals surface area (Å²) in [7, 11) is 0. The van der Waals surface area contributed by atoms with E-state index in [1.54, 1.807) is 0 Å². The van der Waals surface area contributed by atoms with Crippen molar-refractivity contribution in [2.45, 2.75) is 190 Å². The van der Waals surface area contributed by atoms with Gasteiger partial charge in [-0.05, 0) is 201 Å². The molecule has 0 amide bonds. The van der Waals surface area contributed by atoms with Gasteiger partial charge in [0.15, 0.2) is 0 Å². The number of nitrogens with one attached hydrogen (secondary N) is 8. The van der Waals surface area contributed by atoms with Gasteiger partial charge in [-0.3, -0.25) is 9.80 Å². The van der Waals surface area contributed by atoms with Crippen molar-refractivity contribution in [3.05, 3.63) is 0 Å². The van der Waals surface area contributed by atoms with Crippen LogP contribution in [0.25, 0.3) is 0 Å². The van der Waals surface area contributed by atoms with E-state index in [0.717, 1.165) is 59.9 Å². The summed E-state index contributed by atoms with van der Waals surface area (Å²) in [5, 5.41) is 32.2. The van der Waals surface area contributed by atoms with Crippen molar-refractivity contribution in [3.63, 3.8) is 0 Å². The second-order valence-electron chi connectivity index (χ2n) is 22.4. The van der Waals surface area contributed by atoms with Crippen LogP contribution in [-0.2, 0) is 0 Å². The van der Waals surface area contributed by atoms with Gasteiger partial charge in [0.05, 0.1) is 24.7 Å². The maximum absolute atomic E-state index is 4.02. The van der Waals surface area contributed by atoms with Crippen molar-refractivity contribution in [2.24, 2.45) is 59.2 Å². The highest BCUT2D eigenvalue weighted by atomic mass is 15.3. The fourth-order valence-corrected chi connectivity index (χ4v) is 17.7. The van der Waals surface area contributed by atoms with Gasteiger partial charge in [-0.15, -0.1) is 0 Å². The lowest BCUT2D eigenvalue weighted by Gasteiger charge is -2.54. The Labute approximate surface area is 353 Å². The first-order chi connectivity index (χ1) is 28.6. The molecule has 58 heavy (non-hydrogen) atoms. The second-order valence-corrected chi connectivity index (χ2v) is 22.4. The molecule has 12 unspecified atom stereocenters. The minimum atomic E-state index is 0.476. The van der Waals surface area contributed by atoms with Gasteiger partial charge in [0.2, 0.25) is 0 Å². The highest BCUT2D eigenvalue weighted by Crippen LogP contribution is 2.62. The van der Waals surface area contributed by atoms with Crippen molar-refractivity contribution >= 4 is 0 Å². The molecule has 6 heterocycles. The molecule has 0 bridgehead atoms. The molecule has 6 aliphatic heterocycles. The zero-order valence-electron chi connectivity index (χ0n) is 36.8. The zero-order chi connectivity index (χ0) is 38.7. The number of nitrogens with zero attached hydrogens (tertiary/aromatic N) is 2. The molecule has 0 spiro atoms. The molecular weight excluding hydrogens is 717 g/mol. The van der Waals surface area contributed by atoms with Crippen LogP contribution >= 0.6 is 0 Å². The van der Waals surface area contributed by atoms with Crippen LogP contribution in [0.3, 0.4) is 0 Å². The molecule has 0 aromatic heterocycles. The third kappa shape index (κ3) is 7.31. The van der Waals surface area contributed by atoms with Gasteiger partial charge >= 0.3 is 0 Å². The molecule has 328 valence electrons. The first-order valence-electron chi connectivity index (χ1n) is 26.1. The number of rotatable bonds is 6. The van der Waals surface area contributed by atoms with E-state index in [0.29, 0.717) is 60.2 Å². The summed E-state index contributed by atoms with van der Waals surface area (Å²) in [5.41, 5.74) is 0. The van der Waals surface area contributed by atoms with Gasteiger partial charge in [-0.25, -0.2) is 0 Å². The van der Waals surface area contributed by atoms with Crippen molar-refractivity contribution in [1.29, 1.82) is 0 Å². The normalized spacial score (nSPS) is 49.6.